The predicted molar refractivity (Wildman–Crippen MR) is 28.5 cm³/mol. The summed E-state index contributed by atoms with van der Waals surface area (Å²) in [5.74, 6) is 0. The van der Waals surface area contributed by atoms with Crippen molar-refractivity contribution in [2.24, 2.45) is 9.98 Å². The van der Waals surface area contributed by atoms with E-state index in [0.717, 1.165) is 6.54 Å². The maximum absolute atomic E-state index is 11.2. The Balaban J connectivity index is 0. The van der Waals surface area contributed by atoms with E-state index in [1.54, 1.807) is 12.6 Å². The second kappa shape index (κ2) is 3.71. The zero-order valence-corrected chi connectivity index (χ0v) is 8.39. The number of nitrogens with zero attached hydrogens (tertiary/aromatic N) is 2. The third-order valence-electron chi connectivity index (χ3n) is 0.441. The van der Waals surface area contributed by atoms with Crippen LogP contribution < -0.4 is 0 Å². The van der Waals surface area contributed by atoms with Crippen LogP contribution in [0.15, 0.2) is 9.98 Å². The molecular weight excluding hydrogens is 285 g/mol. The van der Waals surface area contributed by atoms with Crippen LogP contribution in [0.3, 0.4) is 0 Å². The Labute approximate surface area is 81.5 Å². The Kier molecular flexibility index (Phi) is 4.45. The van der Waals surface area contributed by atoms with Gasteiger partial charge in [0.1, 0.15) is 6.34 Å². The van der Waals surface area contributed by atoms with Gasteiger partial charge in [-0.2, -0.15) is 0 Å². The molecule has 0 fully saturated rings. The van der Waals surface area contributed by atoms with Crippen molar-refractivity contribution in [3.8, 4) is 0 Å². The van der Waals surface area contributed by atoms with Crippen LogP contribution in [-0.4, -0.2) is 19.1 Å². The van der Waals surface area contributed by atoms with Crippen molar-refractivity contribution in [3.63, 3.8) is 0 Å². The van der Waals surface area contributed by atoms with Crippen LogP contribution in [0.1, 0.15) is 0 Å². The van der Waals surface area contributed by atoms with Gasteiger partial charge < -0.3 is 0 Å². The summed E-state index contributed by atoms with van der Waals surface area (Å²) >= 11 is -11.2. The van der Waals surface area contributed by atoms with Crippen molar-refractivity contribution < 1.29 is 52.3 Å². The molecule has 0 atom stereocenters. The van der Waals surface area contributed by atoms with Gasteiger partial charge in [-0.15, -0.1) is 0 Å². The van der Waals surface area contributed by atoms with E-state index in [0.29, 0.717) is 0 Å². The predicted octanol–water partition coefficient (Wildman–Crippen LogP) is 2.62. The summed E-state index contributed by atoms with van der Waals surface area (Å²) < 4.78 is 59.5. The van der Waals surface area contributed by atoms with Gasteiger partial charge >= 0.3 is 52.3 Å². The normalized spacial score (nSPS) is 19.2. The monoisotopic (exact) mass is 288 g/mol. The van der Waals surface area contributed by atoms with E-state index < -0.39 is 17.2 Å². The standard InChI is InChI=1S/C3H4N2.6FH.Ni.Ti/c1-2-5-3-4-1;;;;;;;;/h1,3H,2H2;6*1H;;/q;;;;;;;+2;+4/p-6. The molecule has 13 heavy (non-hydrogen) atoms. The van der Waals surface area contributed by atoms with Crippen molar-refractivity contribution >= 4 is 12.6 Å². The van der Waals surface area contributed by atoms with Gasteiger partial charge in [-0.25, -0.2) is 4.99 Å². The third-order valence-corrected chi connectivity index (χ3v) is 0.441. The second-order valence-electron chi connectivity index (χ2n) is 1.88. The molecule has 0 unspecified atom stereocenters. The minimum absolute atomic E-state index is 0. The molecule has 1 rings (SSSR count). The fourth-order valence-electron chi connectivity index (χ4n) is 0.236. The van der Waals surface area contributed by atoms with Gasteiger partial charge in [0.2, 0.25) is 0 Å². The molecule has 0 bridgehead atoms. The molecule has 1 aliphatic heterocycles. The molecular formula is C3H4F6N2NiTi. The molecule has 0 aromatic carbocycles. The first kappa shape index (κ1) is 15.6. The van der Waals surface area contributed by atoms with Gasteiger partial charge in [0, 0.05) is 6.21 Å². The van der Waals surface area contributed by atoms with Crippen molar-refractivity contribution in [1.82, 2.24) is 0 Å². The maximum Gasteiger partial charge on any atom is 2.00 e. The topological polar surface area (TPSA) is 24.7 Å². The number of halogens is 6. The number of hydrogen-bond donors (Lipinski definition) is 0. The molecule has 0 spiro atoms. The molecule has 2 nitrogen and oxygen atoms in total. The molecule has 0 saturated carbocycles. The van der Waals surface area contributed by atoms with Crippen molar-refractivity contribution in [3.05, 3.63) is 0 Å². The number of aliphatic imine (C=N–C) groups is 2. The molecule has 0 aromatic rings. The zero-order chi connectivity index (χ0) is 9.94. The molecule has 0 amide bonds. The Morgan fingerprint density at radius 3 is 1.46 bits per heavy atom. The average molecular weight is 289 g/mol. The zero-order valence-electron chi connectivity index (χ0n) is 5.84. The first-order valence-corrected chi connectivity index (χ1v) is 6.17. The maximum atomic E-state index is 9.92. The van der Waals surface area contributed by atoms with Crippen LogP contribution >= 0.6 is 0 Å². The average Bonchev–Trinajstić information content (AvgIpc) is 2.00. The minimum atomic E-state index is -11.2. The van der Waals surface area contributed by atoms with E-state index in [-0.39, 0.29) is 16.5 Å². The van der Waals surface area contributed by atoms with E-state index in [4.69, 9.17) is 0 Å². The van der Waals surface area contributed by atoms with E-state index in [9.17, 15) is 18.6 Å². The van der Waals surface area contributed by atoms with Crippen LogP contribution in [-0.2, 0) is 33.7 Å². The van der Waals surface area contributed by atoms with Crippen LogP contribution in [0.25, 0.3) is 0 Å². The van der Waals surface area contributed by atoms with E-state index in [1.165, 1.54) is 0 Å². The SMILES string of the molecule is C1=NC=NC1.[F][Ti-2]([F])([F])([F])([F])[F].[Ni+2]. The molecule has 0 radical (unpaired) electrons. The number of hydrogen-bond acceptors (Lipinski definition) is 2. The molecule has 0 aliphatic carbocycles. The Hall–Kier alpha value is 0.128. The van der Waals surface area contributed by atoms with E-state index >= 15 is 0 Å². The van der Waals surface area contributed by atoms with Crippen LogP contribution in [0, 0.1) is 0 Å². The van der Waals surface area contributed by atoms with Gasteiger partial charge in [-0.1, -0.05) is 0 Å². The quantitative estimate of drug-likeness (QED) is 0.483. The minimum Gasteiger partial charge on any atom is 2.00 e. The summed E-state index contributed by atoms with van der Waals surface area (Å²) in [5, 5.41) is 0. The second-order valence-corrected chi connectivity index (χ2v) is 5.23. The van der Waals surface area contributed by atoms with Crippen LogP contribution in [0.4, 0.5) is 18.6 Å². The third kappa shape index (κ3) is 47.3. The molecule has 10 heteroatoms. The number of rotatable bonds is 0. The van der Waals surface area contributed by atoms with E-state index in [1.807, 2.05) is 0 Å². The smallest absolute Gasteiger partial charge is 2.00 e. The summed E-state index contributed by atoms with van der Waals surface area (Å²) in [7, 11) is 0. The summed E-state index contributed by atoms with van der Waals surface area (Å²) in [6, 6.07) is 0. The fraction of sp³-hybridized carbons (Fsp3) is 0.333. The summed E-state index contributed by atoms with van der Waals surface area (Å²) in [6.07, 6.45) is 3.32. The van der Waals surface area contributed by atoms with Gasteiger partial charge in [-0.3, -0.25) is 4.99 Å². The van der Waals surface area contributed by atoms with Crippen LogP contribution in [0.5, 0.6) is 0 Å². The Morgan fingerprint density at radius 2 is 1.38 bits per heavy atom. The molecule has 0 N–H and O–H groups in total. The van der Waals surface area contributed by atoms with Gasteiger partial charge in [0.05, 0.1) is 6.54 Å². The molecule has 1 aliphatic rings. The van der Waals surface area contributed by atoms with Crippen LogP contribution in [0.2, 0.25) is 0 Å². The molecule has 0 saturated heterocycles. The van der Waals surface area contributed by atoms with Gasteiger partial charge in [-0.05, 0) is 0 Å². The first-order valence-electron chi connectivity index (χ1n) is 2.63. The molecule has 0 aromatic heterocycles. The molecule has 1 heterocycles. The van der Waals surface area contributed by atoms with Crippen molar-refractivity contribution in [1.29, 1.82) is 0 Å². The first-order chi connectivity index (χ1) is 4.95. The van der Waals surface area contributed by atoms with Crippen molar-refractivity contribution in [2.75, 3.05) is 6.54 Å². The largest absolute Gasteiger partial charge is 2.00 e. The Bertz CT molecular complexity index is 194. The molecule has 82 valence electrons. The van der Waals surface area contributed by atoms with Gasteiger partial charge in [0.15, 0.2) is 0 Å². The summed E-state index contributed by atoms with van der Waals surface area (Å²) in [5.41, 5.74) is 0. The van der Waals surface area contributed by atoms with Crippen molar-refractivity contribution in [2.45, 2.75) is 0 Å². The summed E-state index contributed by atoms with van der Waals surface area (Å²) in [4.78, 5) is 7.40. The summed E-state index contributed by atoms with van der Waals surface area (Å²) in [6.45, 7) is 0.778. The fourth-order valence-corrected chi connectivity index (χ4v) is 0.236. The van der Waals surface area contributed by atoms with E-state index in [2.05, 4.69) is 9.98 Å². The van der Waals surface area contributed by atoms with Gasteiger partial charge in [0.25, 0.3) is 0 Å². The Morgan fingerprint density at radius 1 is 1.00 bits per heavy atom.